The Hall–Kier alpha value is -1.69. The maximum atomic E-state index is 12.3. The van der Waals surface area contributed by atoms with Crippen LogP contribution in [0.25, 0.3) is 0 Å². The number of benzene rings is 1. The molecule has 5 nitrogen and oxygen atoms in total. The van der Waals surface area contributed by atoms with E-state index in [2.05, 4.69) is 10.1 Å². The summed E-state index contributed by atoms with van der Waals surface area (Å²) in [4.78, 5) is 3.96. The van der Waals surface area contributed by atoms with Gasteiger partial charge in [0, 0.05) is 0 Å². The third kappa shape index (κ3) is 1.95. The molecule has 2 aromatic rings. The molecule has 2 rings (SSSR count). The molecular formula is C11H13N3O2S. The van der Waals surface area contributed by atoms with Crippen LogP contribution in [0.15, 0.2) is 29.7 Å². The van der Waals surface area contributed by atoms with Gasteiger partial charge >= 0.3 is 0 Å². The summed E-state index contributed by atoms with van der Waals surface area (Å²) in [7, 11) is -3.63. The molecule has 0 fully saturated rings. The highest BCUT2D eigenvalue weighted by Gasteiger charge is 2.22. The summed E-state index contributed by atoms with van der Waals surface area (Å²) < 4.78 is 25.5. The van der Waals surface area contributed by atoms with Gasteiger partial charge in [0.05, 0.1) is 4.90 Å². The van der Waals surface area contributed by atoms with Gasteiger partial charge in [-0.05, 0) is 31.9 Å². The quantitative estimate of drug-likeness (QED) is 0.810. The monoisotopic (exact) mass is 251 g/mol. The lowest BCUT2D eigenvalue weighted by molar-refractivity contribution is 0.578. The van der Waals surface area contributed by atoms with Crippen LogP contribution >= 0.6 is 0 Å². The molecule has 0 aliphatic heterocycles. The normalized spacial score (nSPS) is 11.7. The lowest BCUT2D eigenvalue weighted by atomic mass is 10.1. The van der Waals surface area contributed by atoms with Crippen molar-refractivity contribution >= 4 is 10.0 Å². The zero-order valence-corrected chi connectivity index (χ0v) is 10.7. The van der Waals surface area contributed by atoms with Gasteiger partial charge in [0.15, 0.2) is 0 Å². The minimum Gasteiger partial charge on any atom is -0.222 e. The summed E-state index contributed by atoms with van der Waals surface area (Å²) >= 11 is 0. The molecule has 0 saturated heterocycles. The highest BCUT2D eigenvalue weighted by atomic mass is 32.2. The van der Waals surface area contributed by atoms with E-state index in [1.54, 1.807) is 13.8 Å². The SMILES string of the molecule is Cc1cc(C)c(S(=O)(=O)n2cncn2)c(C)c1. The van der Waals surface area contributed by atoms with Gasteiger partial charge in [-0.2, -0.15) is 8.42 Å². The molecule has 0 N–H and O–H groups in total. The van der Waals surface area contributed by atoms with Crippen molar-refractivity contribution in [2.24, 2.45) is 0 Å². The summed E-state index contributed by atoms with van der Waals surface area (Å²) in [6.07, 6.45) is 2.39. The van der Waals surface area contributed by atoms with E-state index in [1.165, 1.54) is 12.7 Å². The molecular weight excluding hydrogens is 238 g/mol. The Morgan fingerprint density at radius 2 is 1.71 bits per heavy atom. The third-order valence-electron chi connectivity index (χ3n) is 2.51. The van der Waals surface area contributed by atoms with Crippen LogP contribution < -0.4 is 0 Å². The van der Waals surface area contributed by atoms with Gasteiger partial charge < -0.3 is 0 Å². The molecule has 0 unspecified atom stereocenters. The largest absolute Gasteiger partial charge is 0.284 e. The second kappa shape index (κ2) is 3.96. The van der Waals surface area contributed by atoms with Crippen molar-refractivity contribution in [3.05, 3.63) is 41.5 Å². The minimum atomic E-state index is -3.63. The van der Waals surface area contributed by atoms with E-state index in [9.17, 15) is 8.42 Å². The van der Waals surface area contributed by atoms with Gasteiger partial charge in [0.2, 0.25) is 0 Å². The Bertz CT molecular complexity index is 622. The van der Waals surface area contributed by atoms with E-state index >= 15 is 0 Å². The van der Waals surface area contributed by atoms with E-state index in [-0.39, 0.29) is 0 Å². The second-order valence-electron chi connectivity index (χ2n) is 4.00. The first-order chi connectivity index (χ1) is 7.93. The number of hydrogen-bond donors (Lipinski definition) is 0. The number of hydrogen-bond acceptors (Lipinski definition) is 4. The molecule has 1 aromatic heterocycles. The van der Waals surface area contributed by atoms with Gasteiger partial charge in [0.25, 0.3) is 10.0 Å². The van der Waals surface area contributed by atoms with Crippen LogP contribution in [0.3, 0.4) is 0 Å². The molecule has 0 atom stereocenters. The van der Waals surface area contributed by atoms with Crippen LogP contribution in [0.2, 0.25) is 0 Å². The van der Waals surface area contributed by atoms with E-state index in [4.69, 9.17) is 0 Å². The Morgan fingerprint density at radius 1 is 1.12 bits per heavy atom. The van der Waals surface area contributed by atoms with Crippen LogP contribution in [-0.2, 0) is 10.0 Å². The van der Waals surface area contributed by atoms with Gasteiger partial charge in [-0.25, -0.2) is 4.98 Å². The highest BCUT2D eigenvalue weighted by molar-refractivity contribution is 7.90. The molecule has 90 valence electrons. The molecule has 1 aromatic carbocycles. The highest BCUT2D eigenvalue weighted by Crippen LogP contribution is 2.23. The maximum Gasteiger partial charge on any atom is 0.284 e. The van der Waals surface area contributed by atoms with Crippen LogP contribution in [0.4, 0.5) is 0 Å². The fourth-order valence-electron chi connectivity index (χ4n) is 1.99. The Balaban J connectivity index is 2.71. The molecule has 0 radical (unpaired) electrons. The average molecular weight is 251 g/mol. The number of rotatable bonds is 2. The van der Waals surface area contributed by atoms with E-state index in [1.807, 2.05) is 19.1 Å². The topological polar surface area (TPSA) is 64.8 Å². The van der Waals surface area contributed by atoms with Gasteiger partial charge in [-0.3, -0.25) is 0 Å². The van der Waals surface area contributed by atoms with E-state index in [0.29, 0.717) is 4.90 Å². The van der Waals surface area contributed by atoms with Crippen molar-refractivity contribution in [3.63, 3.8) is 0 Å². The Kier molecular flexibility index (Phi) is 2.74. The van der Waals surface area contributed by atoms with Crippen LogP contribution in [-0.4, -0.2) is 22.6 Å². The number of aromatic nitrogens is 3. The summed E-state index contributed by atoms with van der Waals surface area (Å²) in [6.45, 7) is 5.50. The van der Waals surface area contributed by atoms with E-state index in [0.717, 1.165) is 20.8 Å². The second-order valence-corrected chi connectivity index (χ2v) is 5.73. The molecule has 1 heterocycles. The zero-order chi connectivity index (χ0) is 12.6. The third-order valence-corrected chi connectivity index (χ3v) is 4.35. The van der Waals surface area contributed by atoms with E-state index < -0.39 is 10.0 Å². The molecule has 0 saturated carbocycles. The van der Waals surface area contributed by atoms with Gasteiger partial charge in [-0.1, -0.05) is 17.7 Å². The minimum absolute atomic E-state index is 0.300. The summed E-state index contributed by atoms with van der Waals surface area (Å²) in [5.41, 5.74) is 2.48. The fourth-order valence-corrected chi connectivity index (χ4v) is 3.45. The van der Waals surface area contributed by atoms with Crippen LogP contribution in [0, 0.1) is 20.8 Å². The predicted molar refractivity (Wildman–Crippen MR) is 63.3 cm³/mol. The molecule has 0 aliphatic rings. The van der Waals surface area contributed by atoms with Crippen molar-refractivity contribution in [2.75, 3.05) is 0 Å². The Morgan fingerprint density at radius 3 is 2.18 bits per heavy atom. The predicted octanol–water partition coefficient (Wildman–Crippen LogP) is 1.44. The van der Waals surface area contributed by atoms with Crippen molar-refractivity contribution in [2.45, 2.75) is 25.7 Å². The molecule has 0 spiro atoms. The van der Waals surface area contributed by atoms with Crippen molar-refractivity contribution < 1.29 is 8.42 Å². The Labute approximate surface area is 100 Å². The van der Waals surface area contributed by atoms with Crippen LogP contribution in [0.1, 0.15) is 16.7 Å². The lowest BCUT2D eigenvalue weighted by Gasteiger charge is -2.11. The molecule has 0 bridgehead atoms. The average Bonchev–Trinajstić information content (AvgIpc) is 2.67. The number of aryl methyl sites for hydroxylation is 3. The summed E-state index contributed by atoms with van der Waals surface area (Å²) in [6, 6.07) is 3.69. The first-order valence-electron chi connectivity index (χ1n) is 5.11. The molecule has 0 amide bonds. The molecule has 17 heavy (non-hydrogen) atoms. The standard InChI is InChI=1S/C11H13N3O2S/c1-8-4-9(2)11(10(3)5-8)17(15,16)14-7-12-6-13-14/h4-7H,1-3H3. The van der Waals surface area contributed by atoms with Crippen molar-refractivity contribution in [1.29, 1.82) is 0 Å². The first-order valence-corrected chi connectivity index (χ1v) is 6.55. The summed E-state index contributed by atoms with van der Waals surface area (Å²) in [5, 5.41) is 3.69. The fraction of sp³-hybridized carbons (Fsp3) is 0.273. The first kappa shape index (κ1) is 11.8. The molecule has 0 aliphatic carbocycles. The van der Waals surface area contributed by atoms with Gasteiger partial charge in [0.1, 0.15) is 12.7 Å². The maximum absolute atomic E-state index is 12.3. The smallest absolute Gasteiger partial charge is 0.222 e. The lowest BCUT2D eigenvalue weighted by Crippen LogP contribution is -2.16. The number of nitrogens with zero attached hydrogens (tertiary/aromatic N) is 3. The van der Waals surface area contributed by atoms with Crippen LogP contribution in [0.5, 0.6) is 0 Å². The zero-order valence-electron chi connectivity index (χ0n) is 9.88. The summed E-state index contributed by atoms with van der Waals surface area (Å²) in [5.74, 6) is 0. The van der Waals surface area contributed by atoms with Crippen molar-refractivity contribution in [1.82, 2.24) is 14.2 Å². The van der Waals surface area contributed by atoms with Crippen molar-refractivity contribution in [3.8, 4) is 0 Å². The molecule has 6 heteroatoms. The van der Waals surface area contributed by atoms with Gasteiger partial charge in [-0.15, -0.1) is 9.19 Å².